The van der Waals surface area contributed by atoms with Crippen molar-refractivity contribution in [2.24, 2.45) is 0 Å². The van der Waals surface area contributed by atoms with E-state index in [9.17, 15) is 4.79 Å². The number of likely N-dealkylation sites (N-methyl/N-ethyl adjacent to an activating group) is 1. The lowest BCUT2D eigenvalue weighted by molar-refractivity contribution is -0.130. The summed E-state index contributed by atoms with van der Waals surface area (Å²) >= 11 is 0. The second kappa shape index (κ2) is 6.86. The van der Waals surface area contributed by atoms with Gasteiger partial charge in [-0.2, -0.15) is 0 Å². The van der Waals surface area contributed by atoms with E-state index in [4.69, 9.17) is 0 Å². The average Bonchev–Trinajstić information content (AvgIpc) is 2.27. The molecule has 1 atom stereocenters. The molecule has 1 aliphatic rings. The molecular formula is C12H25N3O. The van der Waals surface area contributed by atoms with Crippen LogP contribution in [0.5, 0.6) is 0 Å². The van der Waals surface area contributed by atoms with Gasteiger partial charge in [0.1, 0.15) is 0 Å². The van der Waals surface area contributed by atoms with Crippen LogP contribution in [-0.2, 0) is 4.79 Å². The Kier molecular flexibility index (Phi) is 5.77. The maximum absolute atomic E-state index is 11.8. The minimum Gasteiger partial charge on any atom is -0.344 e. The van der Waals surface area contributed by atoms with Crippen molar-refractivity contribution in [3.05, 3.63) is 0 Å². The summed E-state index contributed by atoms with van der Waals surface area (Å²) in [5, 5.41) is 3.47. The van der Waals surface area contributed by atoms with E-state index in [1.165, 1.54) is 19.3 Å². The maximum atomic E-state index is 11.8. The first-order chi connectivity index (χ1) is 7.59. The molecule has 1 rings (SSSR count). The normalized spacial score (nSPS) is 21.1. The van der Waals surface area contributed by atoms with Crippen LogP contribution in [0.15, 0.2) is 0 Å². The van der Waals surface area contributed by atoms with Crippen molar-refractivity contribution < 1.29 is 4.79 Å². The summed E-state index contributed by atoms with van der Waals surface area (Å²) in [6.45, 7) is 2.79. The van der Waals surface area contributed by atoms with Gasteiger partial charge in [0.05, 0.1) is 0 Å². The van der Waals surface area contributed by atoms with Crippen LogP contribution in [0.1, 0.15) is 25.7 Å². The minimum atomic E-state index is 0.251. The van der Waals surface area contributed by atoms with Crippen LogP contribution in [0.25, 0.3) is 0 Å². The molecule has 0 radical (unpaired) electrons. The van der Waals surface area contributed by atoms with Crippen LogP contribution in [0, 0.1) is 0 Å². The van der Waals surface area contributed by atoms with E-state index < -0.39 is 0 Å². The van der Waals surface area contributed by atoms with Crippen LogP contribution in [-0.4, -0.2) is 62.5 Å². The molecule has 0 aromatic rings. The summed E-state index contributed by atoms with van der Waals surface area (Å²) in [5.41, 5.74) is 0. The fourth-order valence-electron chi connectivity index (χ4n) is 2.02. The van der Waals surface area contributed by atoms with Crippen molar-refractivity contribution in [1.29, 1.82) is 0 Å². The average molecular weight is 227 g/mol. The molecule has 4 nitrogen and oxygen atoms in total. The van der Waals surface area contributed by atoms with Gasteiger partial charge < -0.3 is 15.1 Å². The van der Waals surface area contributed by atoms with Crippen molar-refractivity contribution >= 4 is 5.91 Å². The summed E-state index contributed by atoms with van der Waals surface area (Å²) in [6.07, 6.45) is 4.38. The Morgan fingerprint density at radius 1 is 1.31 bits per heavy atom. The molecule has 0 spiro atoms. The first kappa shape index (κ1) is 13.5. The van der Waals surface area contributed by atoms with E-state index in [1.807, 2.05) is 30.9 Å². The molecule has 1 unspecified atom stereocenters. The lowest BCUT2D eigenvalue weighted by atomic mass is 10.0. The summed E-state index contributed by atoms with van der Waals surface area (Å²) in [4.78, 5) is 15.7. The van der Waals surface area contributed by atoms with E-state index in [0.29, 0.717) is 12.5 Å². The highest BCUT2D eigenvalue weighted by molar-refractivity contribution is 5.76. The van der Waals surface area contributed by atoms with Gasteiger partial charge in [0.2, 0.25) is 5.91 Å². The molecule has 0 aromatic carbocycles. The van der Waals surface area contributed by atoms with E-state index in [1.54, 1.807) is 0 Å². The molecule has 1 aliphatic heterocycles. The maximum Gasteiger partial charge on any atom is 0.223 e. The smallest absolute Gasteiger partial charge is 0.223 e. The van der Waals surface area contributed by atoms with Crippen molar-refractivity contribution in [2.75, 3.05) is 40.8 Å². The number of carbonyl (C=O) groups is 1. The Bertz CT molecular complexity index is 212. The number of nitrogens with zero attached hydrogens (tertiary/aromatic N) is 2. The van der Waals surface area contributed by atoms with Gasteiger partial charge in [-0.25, -0.2) is 0 Å². The Labute approximate surface area is 99.0 Å². The van der Waals surface area contributed by atoms with Crippen LogP contribution in [0.2, 0.25) is 0 Å². The zero-order valence-electron chi connectivity index (χ0n) is 10.8. The molecule has 1 saturated heterocycles. The molecule has 0 saturated carbocycles. The number of amides is 1. The Balaban J connectivity index is 2.21. The summed E-state index contributed by atoms with van der Waals surface area (Å²) < 4.78 is 0. The van der Waals surface area contributed by atoms with Gasteiger partial charge in [-0.05, 0) is 33.5 Å². The van der Waals surface area contributed by atoms with Gasteiger partial charge in [0.15, 0.2) is 0 Å². The van der Waals surface area contributed by atoms with Crippen LogP contribution in [0.4, 0.5) is 0 Å². The monoisotopic (exact) mass is 227 g/mol. The number of hydrogen-bond donors (Lipinski definition) is 1. The van der Waals surface area contributed by atoms with Crippen molar-refractivity contribution in [3.63, 3.8) is 0 Å². The molecule has 94 valence electrons. The molecule has 1 N–H and O–H groups in total. The minimum absolute atomic E-state index is 0.251. The van der Waals surface area contributed by atoms with Gasteiger partial charge in [-0.3, -0.25) is 4.79 Å². The standard InChI is InChI=1S/C12H25N3O/c1-14(2)9-7-12(16)15(3)10-11-6-4-5-8-13-11/h11,13H,4-10H2,1-3H3. The lowest BCUT2D eigenvalue weighted by Crippen LogP contribution is -2.44. The number of carbonyl (C=O) groups excluding carboxylic acids is 1. The molecule has 4 heteroatoms. The molecule has 0 aromatic heterocycles. The third-order valence-corrected chi connectivity index (χ3v) is 3.11. The highest BCUT2D eigenvalue weighted by Crippen LogP contribution is 2.08. The Morgan fingerprint density at radius 3 is 2.62 bits per heavy atom. The SMILES string of the molecule is CN(C)CCC(=O)N(C)CC1CCCCN1. The van der Waals surface area contributed by atoms with E-state index in [-0.39, 0.29) is 5.91 Å². The summed E-state index contributed by atoms with van der Waals surface area (Å²) in [5.74, 6) is 0.251. The largest absolute Gasteiger partial charge is 0.344 e. The zero-order valence-corrected chi connectivity index (χ0v) is 10.8. The molecule has 0 bridgehead atoms. The number of hydrogen-bond acceptors (Lipinski definition) is 3. The highest BCUT2D eigenvalue weighted by atomic mass is 16.2. The fourth-order valence-corrected chi connectivity index (χ4v) is 2.02. The quantitative estimate of drug-likeness (QED) is 0.744. The van der Waals surface area contributed by atoms with Crippen LogP contribution in [0.3, 0.4) is 0 Å². The number of nitrogens with one attached hydrogen (secondary N) is 1. The number of rotatable bonds is 5. The topological polar surface area (TPSA) is 35.6 Å². The summed E-state index contributed by atoms with van der Waals surface area (Å²) in [6, 6.07) is 0.502. The number of piperidine rings is 1. The third kappa shape index (κ3) is 4.94. The van der Waals surface area contributed by atoms with Crippen molar-refractivity contribution in [2.45, 2.75) is 31.7 Å². The molecule has 1 fully saturated rings. The van der Waals surface area contributed by atoms with Gasteiger partial charge in [-0.15, -0.1) is 0 Å². The van der Waals surface area contributed by atoms with E-state index >= 15 is 0 Å². The predicted octanol–water partition coefficient (Wildman–Crippen LogP) is 0.539. The third-order valence-electron chi connectivity index (χ3n) is 3.11. The Morgan fingerprint density at radius 2 is 2.06 bits per heavy atom. The molecule has 1 heterocycles. The van der Waals surface area contributed by atoms with Gasteiger partial charge in [-0.1, -0.05) is 6.42 Å². The molecule has 0 aliphatic carbocycles. The summed E-state index contributed by atoms with van der Waals surface area (Å²) in [7, 11) is 5.90. The molecule has 16 heavy (non-hydrogen) atoms. The predicted molar refractivity (Wildman–Crippen MR) is 66.4 cm³/mol. The molecule has 1 amide bonds. The van der Waals surface area contributed by atoms with Crippen LogP contribution >= 0.6 is 0 Å². The second-order valence-corrected chi connectivity index (χ2v) is 4.97. The Hall–Kier alpha value is -0.610. The fraction of sp³-hybridized carbons (Fsp3) is 0.917. The van der Waals surface area contributed by atoms with E-state index in [2.05, 4.69) is 5.32 Å². The van der Waals surface area contributed by atoms with Gasteiger partial charge >= 0.3 is 0 Å². The van der Waals surface area contributed by atoms with Gasteiger partial charge in [0.25, 0.3) is 0 Å². The van der Waals surface area contributed by atoms with Crippen molar-refractivity contribution in [1.82, 2.24) is 15.1 Å². The first-order valence-electron chi connectivity index (χ1n) is 6.21. The van der Waals surface area contributed by atoms with Crippen LogP contribution < -0.4 is 5.32 Å². The zero-order chi connectivity index (χ0) is 12.0. The van der Waals surface area contributed by atoms with Gasteiger partial charge in [0, 0.05) is 32.6 Å². The highest BCUT2D eigenvalue weighted by Gasteiger charge is 2.17. The molecular weight excluding hydrogens is 202 g/mol. The second-order valence-electron chi connectivity index (χ2n) is 4.97. The van der Waals surface area contributed by atoms with Crippen molar-refractivity contribution in [3.8, 4) is 0 Å². The lowest BCUT2D eigenvalue weighted by Gasteiger charge is -2.28. The first-order valence-corrected chi connectivity index (χ1v) is 6.21. The van der Waals surface area contributed by atoms with E-state index in [0.717, 1.165) is 19.6 Å².